The molecule has 5 rings (SSSR count). The van der Waals surface area contributed by atoms with Crippen molar-refractivity contribution >= 4 is 40.7 Å². The number of carbonyl (C=O) groups excluding carboxylic acids is 2. The van der Waals surface area contributed by atoms with E-state index in [2.05, 4.69) is 31.1 Å². The molecule has 2 amide bonds. The van der Waals surface area contributed by atoms with Crippen molar-refractivity contribution in [1.29, 1.82) is 0 Å². The Morgan fingerprint density at radius 2 is 1.86 bits per heavy atom. The van der Waals surface area contributed by atoms with Gasteiger partial charge in [0, 0.05) is 29.4 Å². The third kappa shape index (κ3) is 4.09. The number of primary amides is 1. The van der Waals surface area contributed by atoms with E-state index < -0.39 is 17.9 Å². The number of hydrogen-bond acceptors (Lipinski definition) is 5. The third-order valence-electron chi connectivity index (χ3n) is 7.05. The number of aromatic carboxylic acids is 1. The first-order valence-electron chi connectivity index (χ1n) is 11.6. The van der Waals surface area contributed by atoms with Crippen molar-refractivity contribution in [2.45, 2.75) is 30.8 Å². The predicted molar refractivity (Wildman–Crippen MR) is 139 cm³/mol. The van der Waals surface area contributed by atoms with Crippen LogP contribution in [0.1, 0.15) is 55.6 Å². The first kappa shape index (κ1) is 24.5. The molecular formula is C27H26ClN3O4S. The Hall–Kier alpha value is -3.20. The monoisotopic (exact) mass is 523 g/mol. The Kier molecular flexibility index (Phi) is 6.14. The summed E-state index contributed by atoms with van der Waals surface area (Å²) in [6.07, 6.45) is 2.32. The number of likely N-dealkylation sites (N-methyl/N-ethyl adjacent to an activating group) is 1. The number of hydrogen-bond donors (Lipinski definition) is 2. The minimum absolute atomic E-state index is 0.000754. The van der Waals surface area contributed by atoms with Crippen LogP contribution >= 0.6 is 22.9 Å². The maximum absolute atomic E-state index is 13.7. The number of carboxylic acids is 1. The Morgan fingerprint density at radius 3 is 2.42 bits per heavy atom. The Balaban J connectivity index is 1.47. The summed E-state index contributed by atoms with van der Waals surface area (Å²) >= 11 is 7.36. The molecule has 9 heteroatoms. The zero-order valence-electron chi connectivity index (χ0n) is 20.0. The molecule has 7 nitrogen and oxygen atoms in total. The van der Waals surface area contributed by atoms with Crippen LogP contribution in [-0.4, -0.2) is 53.3 Å². The number of halogens is 1. The number of rotatable bonds is 8. The first-order valence-corrected chi connectivity index (χ1v) is 12.9. The molecule has 2 aromatic carbocycles. The lowest BCUT2D eigenvalue weighted by Gasteiger charge is -2.24. The lowest BCUT2D eigenvalue weighted by molar-refractivity contribution is -0.122. The second-order valence-corrected chi connectivity index (χ2v) is 11.1. The van der Waals surface area contributed by atoms with Crippen molar-refractivity contribution in [2.75, 3.05) is 20.6 Å². The molecule has 1 aliphatic carbocycles. The molecule has 1 aliphatic heterocycles. The molecule has 186 valence electrons. The van der Waals surface area contributed by atoms with Crippen LogP contribution in [0.4, 0.5) is 0 Å². The number of nitrogens with zero attached hydrogens (tertiary/aromatic N) is 2. The van der Waals surface area contributed by atoms with Gasteiger partial charge in [-0.15, -0.1) is 11.3 Å². The van der Waals surface area contributed by atoms with Gasteiger partial charge in [0.05, 0.1) is 10.6 Å². The van der Waals surface area contributed by atoms with Crippen molar-refractivity contribution in [3.8, 4) is 11.1 Å². The molecule has 3 N–H and O–H groups in total. The van der Waals surface area contributed by atoms with Gasteiger partial charge in [0.1, 0.15) is 10.9 Å². The van der Waals surface area contributed by atoms with Crippen molar-refractivity contribution in [3.63, 3.8) is 0 Å². The number of carboxylic acid groups (broad SMARTS) is 1. The Labute approximate surface area is 218 Å². The molecule has 1 saturated carbocycles. The zero-order chi connectivity index (χ0) is 25.8. The van der Waals surface area contributed by atoms with Crippen LogP contribution in [0.2, 0.25) is 5.02 Å². The summed E-state index contributed by atoms with van der Waals surface area (Å²) < 4.78 is 0. The van der Waals surface area contributed by atoms with Gasteiger partial charge in [-0.2, -0.15) is 0 Å². The van der Waals surface area contributed by atoms with Crippen LogP contribution in [0.25, 0.3) is 11.1 Å². The highest BCUT2D eigenvalue weighted by Gasteiger charge is 2.45. The van der Waals surface area contributed by atoms with Gasteiger partial charge < -0.3 is 20.6 Å². The SMILES string of the molecule is CN(C)CC1(c2ccc(CN3C(=O)c4c(-c5csc(C(=O)O)c5Cl)cccc4C3C(N)=O)cc2)CC1. The Bertz CT molecular complexity index is 1380. The van der Waals surface area contributed by atoms with E-state index >= 15 is 0 Å². The summed E-state index contributed by atoms with van der Waals surface area (Å²) in [6, 6.07) is 12.5. The van der Waals surface area contributed by atoms with Gasteiger partial charge in [0.15, 0.2) is 0 Å². The summed E-state index contributed by atoms with van der Waals surface area (Å²) in [4.78, 5) is 41.4. The number of benzene rings is 2. The van der Waals surface area contributed by atoms with Gasteiger partial charge in [-0.25, -0.2) is 4.79 Å². The number of thiophene rings is 1. The summed E-state index contributed by atoms with van der Waals surface area (Å²) in [7, 11) is 4.16. The van der Waals surface area contributed by atoms with Crippen molar-refractivity contribution < 1.29 is 19.5 Å². The summed E-state index contributed by atoms with van der Waals surface area (Å²) in [5.41, 5.74) is 9.94. The minimum Gasteiger partial charge on any atom is -0.477 e. The number of fused-ring (bicyclic) bond motifs is 1. The molecule has 0 radical (unpaired) electrons. The van der Waals surface area contributed by atoms with E-state index in [1.165, 1.54) is 10.5 Å². The number of carbonyl (C=O) groups is 3. The van der Waals surface area contributed by atoms with Gasteiger partial charge in [0.25, 0.3) is 5.91 Å². The topological polar surface area (TPSA) is 104 Å². The molecule has 1 atom stereocenters. The van der Waals surface area contributed by atoms with Crippen molar-refractivity contribution in [2.24, 2.45) is 5.73 Å². The van der Waals surface area contributed by atoms with E-state index in [1.54, 1.807) is 23.6 Å². The third-order valence-corrected chi connectivity index (χ3v) is 8.53. The molecule has 1 fully saturated rings. The molecule has 0 saturated heterocycles. The van der Waals surface area contributed by atoms with Gasteiger partial charge in [-0.3, -0.25) is 9.59 Å². The van der Waals surface area contributed by atoms with Crippen LogP contribution in [0.3, 0.4) is 0 Å². The van der Waals surface area contributed by atoms with Gasteiger partial charge in [-0.1, -0.05) is 54.1 Å². The molecule has 2 heterocycles. The highest BCUT2D eigenvalue weighted by Crippen LogP contribution is 2.49. The molecule has 0 bridgehead atoms. The normalized spacial score (nSPS) is 17.9. The van der Waals surface area contributed by atoms with Crippen LogP contribution in [0.5, 0.6) is 0 Å². The van der Waals surface area contributed by atoms with Crippen molar-refractivity contribution in [1.82, 2.24) is 9.80 Å². The lowest BCUT2D eigenvalue weighted by Crippen LogP contribution is -2.35. The first-order chi connectivity index (χ1) is 17.1. The molecule has 0 spiro atoms. The standard InChI is InChI=1S/C27H26ClN3O4S/c1-30(2)14-27(10-11-27)16-8-6-15(7-9-16)12-31-22(24(29)32)18-5-3-4-17(20(18)25(31)33)19-13-36-23(21(19)28)26(34)35/h3-9,13,22H,10-12,14H2,1-2H3,(H2,29,32)(H,34,35). The van der Waals surface area contributed by atoms with E-state index in [0.717, 1.165) is 36.3 Å². The lowest BCUT2D eigenvalue weighted by atomic mass is 9.94. The van der Waals surface area contributed by atoms with Crippen LogP contribution < -0.4 is 5.73 Å². The van der Waals surface area contributed by atoms with Gasteiger partial charge in [-0.05, 0) is 49.2 Å². The highest BCUT2D eigenvalue weighted by molar-refractivity contribution is 7.13. The zero-order valence-corrected chi connectivity index (χ0v) is 21.5. The van der Waals surface area contributed by atoms with Crippen LogP contribution in [0.15, 0.2) is 47.8 Å². The minimum atomic E-state index is -1.13. The van der Waals surface area contributed by atoms with Gasteiger partial charge in [0.2, 0.25) is 5.91 Å². The molecule has 3 aromatic rings. The number of nitrogens with two attached hydrogens (primary N) is 1. The average Bonchev–Trinajstić information content (AvgIpc) is 3.40. The molecule has 1 aromatic heterocycles. The second-order valence-electron chi connectivity index (χ2n) is 9.82. The fourth-order valence-electron chi connectivity index (χ4n) is 5.28. The fourth-order valence-corrected chi connectivity index (χ4v) is 6.51. The highest BCUT2D eigenvalue weighted by atomic mass is 35.5. The molecule has 1 unspecified atom stereocenters. The largest absolute Gasteiger partial charge is 0.477 e. The van der Waals surface area contributed by atoms with Crippen molar-refractivity contribution in [3.05, 3.63) is 80.0 Å². The van der Waals surface area contributed by atoms with E-state index in [4.69, 9.17) is 17.3 Å². The summed E-state index contributed by atoms with van der Waals surface area (Å²) in [5, 5.41) is 11.1. The van der Waals surface area contributed by atoms with E-state index in [9.17, 15) is 19.5 Å². The van der Waals surface area contributed by atoms with Crippen LogP contribution in [-0.2, 0) is 16.8 Å². The Morgan fingerprint density at radius 1 is 1.17 bits per heavy atom. The average molecular weight is 524 g/mol. The second kappa shape index (κ2) is 9.03. The van der Waals surface area contributed by atoms with E-state index in [1.807, 2.05) is 12.1 Å². The molecule has 36 heavy (non-hydrogen) atoms. The quantitative estimate of drug-likeness (QED) is 0.451. The summed E-state index contributed by atoms with van der Waals surface area (Å²) in [5.74, 6) is -2.09. The predicted octanol–water partition coefficient (Wildman–Crippen LogP) is 4.54. The molecular weight excluding hydrogens is 498 g/mol. The number of amides is 2. The van der Waals surface area contributed by atoms with Gasteiger partial charge >= 0.3 is 5.97 Å². The fraction of sp³-hybridized carbons (Fsp3) is 0.296. The smallest absolute Gasteiger partial charge is 0.347 e. The summed E-state index contributed by atoms with van der Waals surface area (Å²) in [6.45, 7) is 1.22. The maximum atomic E-state index is 13.7. The van der Waals surface area contributed by atoms with E-state index in [-0.39, 0.29) is 27.8 Å². The molecule has 2 aliphatic rings. The maximum Gasteiger partial charge on any atom is 0.347 e. The van der Waals surface area contributed by atoms with Crippen LogP contribution in [0, 0.1) is 0 Å². The van der Waals surface area contributed by atoms with E-state index in [0.29, 0.717) is 22.3 Å².